The Bertz CT molecular complexity index is 425. The van der Waals surface area contributed by atoms with Crippen LogP contribution in [0.1, 0.15) is 33.6 Å². The third-order valence-corrected chi connectivity index (χ3v) is 5.28. The minimum atomic E-state index is -3.10. The molecule has 1 atom stereocenters. The smallest absolute Gasteiger partial charge is 0.211 e. The molecule has 17 heavy (non-hydrogen) atoms. The third-order valence-electron chi connectivity index (χ3n) is 2.50. The van der Waals surface area contributed by atoms with Gasteiger partial charge < -0.3 is 0 Å². The Kier molecular flexibility index (Phi) is 4.49. The second kappa shape index (κ2) is 5.16. The molecule has 1 rings (SSSR count). The summed E-state index contributed by atoms with van der Waals surface area (Å²) in [6, 6.07) is 0. The van der Waals surface area contributed by atoms with E-state index in [0.29, 0.717) is 25.9 Å². The zero-order valence-corrected chi connectivity index (χ0v) is 12.4. The van der Waals surface area contributed by atoms with Crippen molar-refractivity contribution < 1.29 is 12.6 Å². The van der Waals surface area contributed by atoms with E-state index in [1.807, 2.05) is 20.8 Å². The molecular formula is C10H20N2O3S2. The summed E-state index contributed by atoms with van der Waals surface area (Å²) >= 11 is 0. The largest absolute Gasteiger partial charge is 0.234 e. The lowest BCUT2D eigenvalue weighted by Crippen LogP contribution is -2.38. The highest BCUT2D eigenvalue weighted by Crippen LogP contribution is 2.16. The number of rotatable bonds is 2. The number of hydrogen-bond acceptors (Lipinski definition) is 3. The Morgan fingerprint density at radius 2 is 1.71 bits per heavy atom. The predicted molar refractivity (Wildman–Crippen MR) is 71.0 cm³/mol. The molecule has 5 nitrogen and oxygen atoms in total. The first-order valence-corrected chi connectivity index (χ1v) is 8.50. The highest BCUT2D eigenvalue weighted by molar-refractivity contribution is 7.88. The third kappa shape index (κ3) is 4.48. The van der Waals surface area contributed by atoms with Crippen molar-refractivity contribution >= 4 is 26.7 Å². The first kappa shape index (κ1) is 14.8. The van der Waals surface area contributed by atoms with E-state index >= 15 is 0 Å². The Balaban J connectivity index is 2.65. The van der Waals surface area contributed by atoms with Crippen LogP contribution in [0.3, 0.4) is 0 Å². The van der Waals surface area contributed by atoms with Gasteiger partial charge in [-0.3, -0.25) is 0 Å². The molecule has 0 spiro atoms. The summed E-state index contributed by atoms with van der Waals surface area (Å²) in [5, 5.41) is 0. The van der Waals surface area contributed by atoms with Crippen molar-refractivity contribution in [2.45, 2.75) is 38.4 Å². The van der Waals surface area contributed by atoms with Gasteiger partial charge in [-0.05, 0) is 20.8 Å². The van der Waals surface area contributed by atoms with Gasteiger partial charge in [-0.15, -0.1) is 0 Å². The quantitative estimate of drug-likeness (QED) is 0.756. The van der Waals surface area contributed by atoms with E-state index in [1.165, 1.54) is 10.6 Å². The molecular weight excluding hydrogens is 260 g/mol. The van der Waals surface area contributed by atoms with E-state index in [1.54, 1.807) is 0 Å². The van der Waals surface area contributed by atoms with Crippen LogP contribution in [0.25, 0.3) is 0 Å². The summed E-state index contributed by atoms with van der Waals surface area (Å²) in [7, 11) is -4.35. The summed E-state index contributed by atoms with van der Waals surface area (Å²) in [6.07, 6.45) is 2.37. The standard InChI is InChI=1S/C10H20N2O3S2/c1-10(2,3)16(13)11-9-5-7-12(8-6-9)17(4,14)15/h5-8H2,1-4H3. The SMILES string of the molecule is CC(C)(C)S(=O)N=C1CCN(S(C)(=O)=O)CC1. The van der Waals surface area contributed by atoms with Crippen molar-refractivity contribution in [1.29, 1.82) is 0 Å². The molecule has 1 heterocycles. The van der Waals surface area contributed by atoms with E-state index < -0.39 is 21.0 Å². The molecule has 0 bridgehead atoms. The monoisotopic (exact) mass is 280 g/mol. The fourth-order valence-corrected chi connectivity index (χ4v) is 2.96. The highest BCUT2D eigenvalue weighted by atomic mass is 32.2. The molecule has 0 aromatic heterocycles. The molecule has 1 unspecified atom stereocenters. The minimum absolute atomic E-state index is 0.360. The van der Waals surface area contributed by atoms with Gasteiger partial charge in [0, 0.05) is 31.6 Å². The molecule has 0 N–H and O–H groups in total. The fraction of sp³-hybridized carbons (Fsp3) is 0.900. The van der Waals surface area contributed by atoms with Crippen molar-refractivity contribution in [3.8, 4) is 0 Å². The van der Waals surface area contributed by atoms with E-state index in [2.05, 4.69) is 4.40 Å². The van der Waals surface area contributed by atoms with Crippen LogP contribution in [-0.2, 0) is 21.0 Å². The molecule has 0 saturated carbocycles. The fourth-order valence-electron chi connectivity index (χ4n) is 1.42. The van der Waals surface area contributed by atoms with Gasteiger partial charge in [0.15, 0.2) is 0 Å². The van der Waals surface area contributed by atoms with Gasteiger partial charge in [0.05, 0.1) is 11.0 Å². The van der Waals surface area contributed by atoms with Crippen LogP contribution in [0.4, 0.5) is 0 Å². The van der Waals surface area contributed by atoms with Gasteiger partial charge >= 0.3 is 0 Å². The normalized spacial score (nSPS) is 21.3. The van der Waals surface area contributed by atoms with Crippen LogP contribution in [-0.4, -0.2) is 46.7 Å². The lowest BCUT2D eigenvalue weighted by molar-refractivity contribution is 0.415. The summed E-state index contributed by atoms with van der Waals surface area (Å²) in [6.45, 7) is 6.51. The molecule has 0 aliphatic carbocycles. The summed E-state index contributed by atoms with van der Waals surface area (Å²) in [5.74, 6) is 0. The van der Waals surface area contributed by atoms with Gasteiger partial charge in [-0.25, -0.2) is 16.9 Å². The predicted octanol–water partition coefficient (Wildman–Crippen LogP) is 0.945. The maximum Gasteiger partial charge on any atom is 0.211 e. The molecule has 0 amide bonds. The molecule has 1 saturated heterocycles. The number of nitrogens with zero attached hydrogens (tertiary/aromatic N) is 2. The van der Waals surface area contributed by atoms with Crippen LogP contribution in [0, 0.1) is 0 Å². The molecule has 1 aliphatic rings. The summed E-state index contributed by atoms with van der Waals surface area (Å²) < 4.78 is 39.7. The highest BCUT2D eigenvalue weighted by Gasteiger charge is 2.24. The van der Waals surface area contributed by atoms with Crippen molar-refractivity contribution in [3.63, 3.8) is 0 Å². The van der Waals surface area contributed by atoms with E-state index in [4.69, 9.17) is 0 Å². The Hall–Kier alpha value is -0.270. The van der Waals surface area contributed by atoms with E-state index in [9.17, 15) is 12.6 Å². The van der Waals surface area contributed by atoms with Crippen LogP contribution in [0.15, 0.2) is 4.40 Å². The number of sulfonamides is 1. The van der Waals surface area contributed by atoms with Crippen LogP contribution >= 0.6 is 0 Å². The Morgan fingerprint density at radius 3 is 2.06 bits per heavy atom. The van der Waals surface area contributed by atoms with E-state index in [-0.39, 0.29) is 4.75 Å². The maximum absolute atomic E-state index is 11.8. The van der Waals surface area contributed by atoms with Gasteiger partial charge in [0.1, 0.15) is 11.0 Å². The molecule has 0 aromatic rings. The average Bonchev–Trinajstić information content (AvgIpc) is 2.15. The lowest BCUT2D eigenvalue weighted by Gasteiger charge is -2.25. The molecule has 7 heteroatoms. The van der Waals surface area contributed by atoms with Crippen molar-refractivity contribution in [2.75, 3.05) is 19.3 Å². The number of piperidine rings is 1. The molecule has 0 radical (unpaired) electrons. The van der Waals surface area contributed by atoms with Gasteiger partial charge in [-0.1, -0.05) is 0 Å². The molecule has 1 fully saturated rings. The molecule has 1 aliphatic heterocycles. The van der Waals surface area contributed by atoms with Crippen LogP contribution in [0.5, 0.6) is 0 Å². The van der Waals surface area contributed by atoms with Crippen LogP contribution in [0.2, 0.25) is 0 Å². The van der Waals surface area contributed by atoms with Crippen molar-refractivity contribution in [2.24, 2.45) is 4.40 Å². The van der Waals surface area contributed by atoms with Gasteiger partial charge in [0.2, 0.25) is 10.0 Å². The zero-order chi connectivity index (χ0) is 13.3. The van der Waals surface area contributed by atoms with Gasteiger partial charge in [-0.2, -0.15) is 4.40 Å². The van der Waals surface area contributed by atoms with Crippen molar-refractivity contribution in [1.82, 2.24) is 4.31 Å². The lowest BCUT2D eigenvalue weighted by atomic mass is 10.1. The topological polar surface area (TPSA) is 66.8 Å². The molecule has 0 aromatic carbocycles. The van der Waals surface area contributed by atoms with E-state index in [0.717, 1.165) is 5.71 Å². The second-order valence-electron chi connectivity index (χ2n) is 5.18. The van der Waals surface area contributed by atoms with Gasteiger partial charge in [0.25, 0.3) is 0 Å². The van der Waals surface area contributed by atoms with Crippen LogP contribution < -0.4 is 0 Å². The first-order valence-electron chi connectivity index (χ1n) is 5.54. The minimum Gasteiger partial charge on any atom is -0.234 e. The first-order chi connectivity index (χ1) is 7.60. The summed E-state index contributed by atoms with van der Waals surface area (Å²) in [4.78, 5) is 0. The molecule has 100 valence electrons. The summed E-state index contributed by atoms with van der Waals surface area (Å²) in [5.41, 5.74) is 0.859. The average molecular weight is 280 g/mol. The van der Waals surface area contributed by atoms with Crippen molar-refractivity contribution in [3.05, 3.63) is 0 Å². The zero-order valence-electron chi connectivity index (χ0n) is 10.8. The Labute approximate surface area is 106 Å². The Morgan fingerprint density at radius 1 is 1.24 bits per heavy atom. The maximum atomic E-state index is 11.8. The number of hydrogen-bond donors (Lipinski definition) is 0. The second-order valence-corrected chi connectivity index (χ2v) is 9.07.